The van der Waals surface area contributed by atoms with E-state index in [1.807, 2.05) is 25.1 Å². The maximum Gasteiger partial charge on any atom is 0.261 e. The molecule has 1 N–H and O–H groups in total. The Hall–Kier alpha value is -2.02. The molecule has 0 bridgehead atoms. The number of aryl methyl sites for hydroxylation is 1. The molecule has 0 fully saturated rings. The number of hydrogen-bond donors (Lipinski definition) is 1. The van der Waals surface area contributed by atoms with Crippen LogP contribution in [0.1, 0.15) is 5.56 Å². The van der Waals surface area contributed by atoms with E-state index >= 15 is 0 Å². The van der Waals surface area contributed by atoms with Gasteiger partial charge in [-0.05, 0) is 49.4 Å². The van der Waals surface area contributed by atoms with E-state index in [1.54, 1.807) is 48.7 Å². The van der Waals surface area contributed by atoms with E-state index in [2.05, 4.69) is 9.71 Å². The Labute approximate surface area is 156 Å². The van der Waals surface area contributed by atoms with Crippen molar-refractivity contribution in [3.63, 3.8) is 0 Å². The third-order valence-corrected chi connectivity index (χ3v) is 6.22. The summed E-state index contributed by atoms with van der Waals surface area (Å²) in [6.45, 7) is 1.90. The number of benzene rings is 2. The standard InChI is InChI=1S/C18H15ClN2O2S2/c1-13-5-8-15(9-6-13)25(22,23)21-14-7-10-17(16(19)12-14)24-18-4-2-3-11-20-18/h2-12,21H,1H3. The van der Waals surface area contributed by atoms with Crippen molar-refractivity contribution in [2.24, 2.45) is 0 Å². The Kier molecular flexibility index (Phi) is 5.32. The highest BCUT2D eigenvalue weighted by Crippen LogP contribution is 2.34. The summed E-state index contributed by atoms with van der Waals surface area (Å²) in [7, 11) is -3.65. The highest BCUT2D eigenvalue weighted by Gasteiger charge is 2.15. The molecule has 2 aromatic carbocycles. The maximum absolute atomic E-state index is 12.4. The van der Waals surface area contributed by atoms with Crippen molar-refractivity contribution in [3.8, 4) is 0 Å². The minimum Gasteiger partial charge on any atom is -0.280 e. The van der Waals surface area contributed by atoms with Gasteiger partial charge in [-0.3, -0.25) is 4.72 Å². The molecular formula is C18H15ClN2O2S2. The van der Waals surface area contributed by atoms with Gasteiger partial charge in [0.25, 0.3) is 10.0 Å². The second kappa shape index (κ2) is 7.47. The second-order valence-electron chi connectivity index (χ2n) is 5.33. The molecule has 0 aliphatic rings. The normalized spacial score (nSPS) is 11.3. The van der Waals surface area contributed by atoms with Crippen LogP contribution in [-0.2, 0) is 10.0 Å². The van der Waals surface area contributed by atoms with Gasteiger partial charge in [-0.1, -0.05) is 47.1 Å². The van der Waals surface area contributed by atoms with E-state index in [0.717, 1.165) is 15.5 Å². The second-order valence-corrected chi connectivity index (χ2v) is 8.49. The number of nitrogens with one attached hydrogen (secondary N) is 1. The Morgan fingerprint density at radius 3 is 2.44 bits per heavy atom. The third kappa shape index (κ3) is 4.54. The van der Waals surface area contributed by atoms with Crippen molar-refractivity contribution < 1.29 is 8.42 Å². The van der Waals surface area contributed by atoms with Gasteiger partial charge in [0.15, 0.2) is 0 Å². The van der Waals surface area contributed by atoms with Gasteiger partial charge in [-0.2, -0.15) is 0 Å². The van der Waals surface area contributed by atoms with Crippen LogP contribution < -0.4 is 4.72 Å². The number of nitrogens with zero attached hydrogens (tertiary/aromatic N) is 1. The molecule has 0 spiro atoms. The van der Waals surface area contributed by atoms with Crippen LogP contribution in [0.2, 0.25) is 5.02 Å². The van der Waals surface area contributed by atoms with Crippen molar-refractivity contribution in [3.05, 3.63) is 77.4 Å². The molecular weight excluding hydrogens is 376 g/mol. The molecule has 0 aliphatic heterocycles. The molecule has 25 heavy (non-hydrogen) atoms. The van der Waals surface area contributed by atoms with Crippen LogP contribution in [0.25, 0.3) is 0 Å². The van der Waals surface area contributed by atoms with Gasteiger partial charge in [0.2, 0.25) is 0 Å². The number of pyridine rings is 1. The lowest BCUT2D eigenvalue weighted by Crippen LogP contribution is -2.12. The first-order valence-electron chi connectivity index (χ1n) is 7.42. The van der Waals surface area contributed by atoms with Crippen LogP contribution in [0, 0.1) is 6.92 Å². The SMILES string of the molecule is Cc1ccc(S(=O)(=O)Nc2ccc(Sc3ccccn3)c(Cl)c2)cc1. The molecule has 3 aromatic rings. The third-order valence-electron chi connectivity index (χ3n) is 3.37. The summed E-state index contributed by atoms with van der Waals surface area (Å²) in [4.78, 5) is 5.25. The molecule has 0 saturated heterocycles. The largest absolute Gasteiger partial charge is 0.280 e. The first-order valence-corrected chi connectivity index (χ1v) is 10.1. The quantitative estimate of drug-likeness (QED) is 0.666. The zero-order chi connectivity index (χ0) is 17.9. The molecule has 1 aromatic heterocycles. The van der Waals surface area contributed by atoms with Gasteiger partial charge in [-0.25, -0.2) is 13.4 Å². The first kappa shape index (κ1) is 17.8. The minimum atomic E-state index is -3.65. The van der Waals surface area contributed by atoms with Gasteiger partial charge in [0, 0.05) is 11.1 Å². The summed E-state index contributed by atoms with van der Waals surface area (Å²) in [6, 6.07) is 17.3. The molecule has 0 atom stereocenters. The zero-order valence-corrected chi connectivity index (χ0v) is 15.7. The van der Waals surface area contributed by atoms with Crippen molar-refractivity contribution in [1.29, 1.82) is 0 Å². The molecule has 128 valence electrons. The summed E-state index contributed by atoms with van der Waals surface area (Å²) < 4.78 is 27.4. The summed E-state index contributed by atoms with van der Waals surface area (Å²) in [6.07, 6.45) is 1.71. The zero-order valence-electron chi connectivity index (χ0n) is 13.3. The lowest BCUT2D eigenvalue weighted by molar-refractivity contribution is 0.601. The van der Waals surface area contributed by atoms with Gasteiger partial charge < -0.3 is 0 Å². The molecule has 0 amide bonds. The maximum atomic E-state index is 12.4. The van der Waals surface area contributed by atoms with Gasteiger partial charge in [-0.15, -0.1) is 0 Å². The smallest absolute Gasteiger partial charge is 0.261 e. The lowest BCUT2D eigenvalue weighted by atomic mass is 10.2. The van der Waals surface area contributed by atoms with Crippen LogP contribution >= 0.6 is 23.4 Å². The number of hydrogen-bond acceptors (Lipinski definition) is 4. The molecule has 0 saturated carbocycles. The lowest BCUT2D eigenvalue weighted by Gasteiger charge is -2.10. The minimum absolute atomic E-state index is 0.209. The van der Waals surface area contributed by atoms with Crippen molar-refractivity contribution in [2.75, 3.05) is 4.72 Å². The molecule has 0 aliphatic carbocycles. The summed E-state index contributed by atoms with van der Waals surface area (Å²) in [5.74, 6) is 0. The fourth-order valence-corrected chi connectivity index (χ4v) is 4.22. The molecule has 4 nitrogen and oxygen atoms in total. The van der Waals surface area contributed by atoms with Gasteiger partial charge >= 0.3 is 0 Å². The van der Waals surface area contributed by atoms with Crippen LogP contribution in [0.15, 0.2) is 81.7 Å². The fraction of sp³-hybridized carbons (Fsp3) is 0.0556. The summed E-state index contributed by atoms with van der Waals surface area (Å²) >= 11 is 7.71. The Morgan fingerprint density at radius 2 is 1.80 bits per heavy atom. The monoisotopic (exact) mass is 390 g/mol. The number of rotatable bonds is 5. The number of sulfonamides is 1. The van der Waals surface area contributed by atoms with E-state index in [9.17, 15) is 8.42 Å². The van der Waals surface area contributed by atoms with E-state index in [4.69, 9.17) is 11.6 Å². The molecule has 0 unspecified atom stereocenters. The Bertz CT molecular complexity index is 976. The molecule has 7 heteroatoms. The van der Waals surface area contributed by atoms with E-state index in [-0.39, 0.29) is 4.90 Å². The van der Waals surface area contributed by atoms with Gasteiger partial charge in [0.05, 0.1) is 15.6 Å². The van der Waals surface area contributed by atoms with Crippen LogP contribution in [0.4, 0.5) is 5.69 Å². The van der Waals surface area contributed by atoms with E-state index in [1.165, 1.54) is 11.8 Å². The van der Waals surface area contributed by atoms with Gasteiger partial charge in [0.1, 0.15) is 5.03 Å². The topological polar surface area (TPSA) is 59.1 Å². The number of anilines is 1. The van der Waals surface area contributed by atoms with Crippen molar-refractivity contribution in [2.45, 2.75) is 21.7 Å². The van der Waals surface area contributed by atoms with Crippen LogP contribution in [0.5, 0.6) is 0 Å². The van der Waals surface area contributed by atoms with Crippen LogP contribution in [-0.4, -0.2) is 13.4 Å². The fourth-order valence-electron chi connectivity index (χ4n) is 2.10. The molecule has 3 rings (SSSR count). The highest BCUT2D eigenvalue weighted by atomic mass is 35.5. The number of aromatic nitrogens is 1. The predicted octanol–water partition coefficient (Wildman–Crippen LogP) is 5.00. The first-order chi connectivity index (χ1) is 11.9. The van der Waals surface area contributed by atoms with Crippen LogP contribution in [0.3, 0.4) is 0 Å². The molecule has 0 radical (unpaired) electrons. The Morgan fingerprint density at radius 1 is 1.04 bits per heavy atom. The highest BCUT2D eigenvalue weighted by molar-refractivity contribution is 7.99. The predicted molar refractivity (Wildman–Crippen MR) is 102 cm³/mol. The average Bonchev–Trinajstić information content (AvgIpc) is 2.58. The number of halogens is 1. The average molecular weight is 391 g/mol. The summed E-state index contributed by atoms with van der Waals surface area (Å²) in [5.41, 5.74) is 1.41. The van der Waals surface area contributed by atoms with Crippen molar-refractivity contribution >= 4 is 39.1 Å². The summed E-state index contributed by atoms with van der Waals surface area (Å²) in [5, 5.41) is 1.28. The molecule has 1 heterocycles. The van der Waals surface area contributed by atoms with E-state index < -0.39 is 10.0 Å². The Balaban J connectivity index is 1.80. The van der Waals surface area contributed by atoms with Crippen molar-refractivity contribution in [1.82, 2.24) is 4.98 Å². The van der Waals surface area contributed by atoms with E-state index in [0.29, 0.717) is 10.7 Å².